The summed E-state index contributed by atoms with van der Waals surface area (Å²) in [7, 11) is 0. The van der Waals surface area contributed by atoms with E-state index in [0.717, 1.165) is 6.42 Å². The van der Waals surface area contributed by atoms with Crippen molar-refractivity contribution in [1.29, 1.82) is 0 Å². The third-order valence-corrected chi connectivity index (χ3v) is 3.79. The Balaban J connectivity index is 1.98. The minimum atomic E-state index is -0.415. The Morgan fingerprint density at radius 1 is 1.00 bits per heavy atom. The zero-order valence-electron chi connectivity index (χ0n) is 14.9. The Kier molecular flexibility index (Phi) is 7.76. The molecule has 1 aromatic carbocycles. The molecule has 0 saturated heterocycles. The molecular formula is C19H21ClN4O3. The molecule has 0 spiro atoms. The fourth-order valence-electron chi connectivity index (χ4n) is 2.22. The Labute approximate surface area is 162 Å². The molecule has 2 rings (SSSR count). The molecule has 0 unspecified atom stereocenters. The van der Waals surface area contributed by atoms with Crippen molar-refractivity contribution in [2.24, 2.45) is 0 Å². The number of halogens is 1. The van der Waals surface area contributed by atoms with Crippen LogP contribution >= 0.6 is 11.6 Å². The summed E-state index contributed by atoms with van der Waals surface area (Å²) in [5.74, 6) is -0.585. The molecule has 0 radical (unpaired) electrons. The van der Waals surface area contributed by atoms with Gasteiger partial charge in [-0.2, -0.15) is 0 Å². The number of hydrogen-bond acceptors (Lipinski definition) is 4. The van der Waals surface area contributed by atoms with Gasteiger partial charge in [-0.1, -0.05) is 30.7 Å². The van der Waals surface area contributed by atoms with Crippen LogP contribution < -0.4 is 16.0 Å². The molecule has 1 heterocycles. The number of nitrogens with one attached hydrogen (secondary N) is 3. The van der Waals surface area contributed by atoms with Crippen LogP contribution in [0.25, 0.3) is 0 Å². The average Bonchev–Trinajstić information content (AvgIpc) is 2.67. The number of anilines is 2. The maximum absolute atomic E-state index is 12.5. The SMILES string of the molecule is CCCNC(=O)CCC(=O)Nc1ccccc1C(=O)Nc1ccc(Cl)cn1. The Bertz CT molecular complexity index is 809. The van der Waals surface area contributed by atoms with Gasteiger partial charge in [-0.25, -0.2) is 4.98 Å². The first-order chi connectivity index (χ1) is 13.0. The number of hydrogen-bond donors (Lipinski definition) is 3. The lowest BCUT2D eigenvalue weighted by molar-refractivity contribution is -0.124. The lowest BCUT2D eigenvalue weighted by Crippen LogP contribution is -2.25. The first-order valence-corrected chi connectivity index (χ1v) is 8.96. The summed E-state index contributed by atoms with van der Waals surface area (Å²) in [6.45, 7) is 2.54. The lowest BCUT2D eigenvalue weighted by Gasteiger charge is -2.11. The number of aromatic nitrogens is 1. The quantitative estimate of drug-likeness (QED) is 0.646. The second-order valence-electron chi connectivity index (χ2n) is 5.76. The molecule has 7 nitrogen and oxygen atoms in total. The van der Waals surface area contributed by atoms with E-state index in [4.69, 9.17) is 11.6 Å². The molecule has 3 N–H and O–H groups in total. The van der Waals surface area contributed by atoms with Gasteiger partial charge in [-0.05, 0) is 30.7 Å². The highest BCUT2D eigenvalue weighted by atomic mass is 35.5. The Morgan fingerprint density at radius 2 is 1.74 bits per heavy atom. The smallest absolute Gasteiger partial charge is 0.258 e. The van der Waals surface area contributed by atoms with Gasteiger partial charge in [0.2, 0.25) is 11.8 Å². The van der Waals surface area contributed by atoms with Crippen LogP contribution in [-0.2, 0) is 9.59 Å². The predicted octanol–water partition coefficient (Wildman–Crippen LogP) is 3.23. The van der Waals surface area contributed by atoms with Crippen molar-refractivity contribution >= 4 is 40.8 Å². The van der Waals surface area contributed by atoms with Crippen LogP contribution in [-0.4, -0.2) is 29.3 Å². The third kappa shape index (κ3) is 6.71. The molecule has 142 valence electrons. The zero-order valence-corrected chi connectivity index (χ0v) is 15.7. The Morgan fingerprint density at radius 3 is 2.44 bits per heavy atom. The first kappa shape index (κ1) is 20.4. The fourth-order valence-corrected chi connectivity index (χ4v) is 2.33. The minimum Gasteiger partial charge on any atom is -0.356 e. The van der Waals surface area contributed by atoms with Gasteiger partial charge < -0.3 is 16.0 Å². The van der Waals surface area contributed by atoms with E-state index in [-0.39, 0.29) is 30.2 Å². The van der Waals surface area contributed by atoms with Crippen LogP contribution in [0.4, 0.5) is 11.5 Å². The first-order valence-electron chi connectivity index (χ1n) is 8.58. The van der Waals surface area contributed by atoms with E-state index in [1.54, 1.807) is 36.4 Å². The van der Waals surface area contributed by atoms with Crippen molar-refractivity contribution in [3.8, 4) is 0 Å². The number of carbonyl (C=O) groups is 3. The number of benzene rings is 1. The van der Waals surface area contributed by atoms with Gasteiger partial charge >= 0.3 is 0 Å². The second kappa shape index (κ2) is 10.3. The topological polar surface area (TPSA) is 100 Å². The van der Waals surface area contributed by atoms with E-state index in [1.165, 1.54) is 6.20 Å². The molecule has 0 aliphatic rings. The van der Waals surface area contributed by atoms with E-state index in [9.17, 15) is 14.4 Å². The minimum absolute atomic E-state index is 0.0320. The normalized spacial score (nSPS) is 10.1. The lowest BCUT2D eigenvalue weighted by atomic mass is 10.1. The molecule has 0 bridgehead atoms. The van der Waals surface area contributed by atoms with E-state index in [0.29, 0.717) is 23.1 Å². The van der Waals surface area contributed by atoms with Gasteiger partial charge in [0.15, 0.2) is 0 Å². The van der Waals surface area contributed by atoms with Gasteiger partial charge in [-0.3, -0.25) is 14.4 Å². The maximum atomic E-state index is 12.5. The van der Waals surface area contributed by atoms with Crippen molar-refractivity contribution in [2.75, 3.05) is 17.2 Å². The summed E-state index contributed by atoms with van der Waals surface area (Å²) in [6.07, 6.45) is 2.39. The van der Waals surface area contributed by atoms with Gasteiger partial charge in [0.25, 0.3) is 5.91 Å². The summed E-state index contributed by atoms with van der Waals surface area (Å²) in [6, 6.07) is 9.81. The van der Waals surface area contributed by atoms with Crippen LogP contribution in [0.15, 0.2) is 42.6 Å². The van der Waals surface area contributed by atoms with Gasteiger partial charge in [-0.15, -0.1) is 0 Å². The Hall–Kier alpha value is -2.93. The third-order valence-electron chi connectivity index (χ3n) is 3.57. The summed E-state index contributed by atoms with van der Waals surface area (Å²) in [4.78, 5) is 40.2. The molecule has 0 fully saturated rings. The van der Waals surface area contributed by atoms with Crippen molar-refractivity contribution in [1.82, 2.24) is 10.3 Å². The summed E-state index contributed by atoms with van der Waals surface area (Å²) in [5, 5.41) is 8.50. The highest BCUT2D eigenvalue weighted by molar-refractivity contribution is 6.30. The summed E-state index contributed by atoms with van der Waals surface area (Å²) >= 11 is 5.78. The van der Waals surface area contributed by atoms with E-state index < -0.39 is 5.91 Å². The molecule has 0 aliphatic carbocycles. The molecule has 3 amide bonds. The highest BCUT2D eigenvalue weighted by Gasteiger charge is 2.14. The highest BCUT2D eigenvalue weighted by Crippen LogP contribution is 2.18. The van der Waals surface area contributed by atoms with E-state index >= 15 is 0 Å². The molecule has 27 heavy (non-hydrogen) atoms. The number of pyridine rings is 1. The van der Waals surface area contributed by atoms with Crippen molar-refractivity contribution < 1.29 is 14.4 Å². The number of carbonyl (C=O) groups excluding carboxylic acids is 3. The van der Waals surface area contributed by atoms with E-state index in [2.05, 4.69) is 20.9 Å². The fraction of sp³-hybridized carbons (Fsp3) is 0.263. The van der Waals surface area contributed by atoms with Crippen LogP contribution in [0.1, 0.15) is 36.5 Å². The monoisotopic (exact) mass is 388 g/mol. The maximum Gasteiger partial charge on any atom is 0.258 e. The average molecular weight is 389 g/mol. The molecule has 1 aromatic heterocycles. The van der Waals surface area contributed by atoms with Crippen molar-refractivity contribution in [3.05, 3.63) is 53.2 Å². The van der Waals surface area contributed by atoms with Gasteiger partial charge in [0.05, 0.1) is 16.3 Å². The van der Waals surface area contributed by atoms with Crippen LogP contribution in [0.5, 0.6) is 0 Å². The number of rotatable bonds is 8. The second-order valence-corrected chi connectivity index (χ2v) is 6.20. The molecule has 0 saturated carbocycles. The van der Waals surface area contributed by atoms with Gasteiger partial charge in [0, 0.05) is 25.6 Å². The molecule has 8 heteroatoms. The van der Waals surface area contributed by atoms with Gasteiger partial charge in [0.1, 0.15) is 5.82 Å². The number of nitrogens with zero attached hydrogens (tertiary/aromatic N) is 1. The molecule has 2 aromatic rings. The number of amides is 3. The summed E-state index contributed by atoms with van der Waals surface area (Å²) < 4.78 is 0. The molecule has 0 atom stereocenters. The van der Waals surface area contributed by atoms with Crippen LogP contribution in [0.3, 0.4) is 0 Å². The van der Waals surface area contributed by atoms with E-state index in [1.807, 2.05) is 6.92 Å². The molecular weight excluding hydrogens is 368 g/mol. The zero-order chi connectivity index (χ0) is 19.6. The largest absolute Gasteiger partial charge is 0.356 e. The summed E-state index contributed by atoms with van der Waals surface area (Å²) in [5.41, 5.74) is 0.654. The van der Waals surface area contributed by atoms with Crippen molar-refractivity contribution in [2.45, 2.75) is 26.2 Å². The van der Waals surface area contributed by atoms with Crippen molar-refractivity contribution in [3.63, 3.8) is 0 Å². The standard InChI is InChI=1S/C19H21ClN4O3/c1-2-11-21-17(25)9-10-18(26)23-15-6-4-3-5-14(15)19(27)24-16-8-7-13(20)12-22-16/h3-8,12H,2,9-11H2,1H3,(H,21,25)(H,23,26)(H,22,24,27). The van der Waals surface area contributed by atoms with Crippen LogP contribution in [0, 0.1) is 0 Å². The predicted molar refractivity (Wildman–Crippen MR) is 105 cm³/mol. The molecule has 0 aliphatic heterocycles. The van der Waals surface area contributed by atoms with Crippen LogP contribution in [0.2, 0.25) is 5.02 Å². The number of para-hydroxylation sites is 1.